The van der Waals surface area contributed by atoms with E-state index < -0.39 is 17.0 Å². The third-order valence-electron chi connectivity index (χ3n) is 6.58. The van der Waals surface area contributed by atoms with Gasteiger partial charge < -0.3 is 20.4 Å². The summed E-state index contributed by atoms with van der Waals surface area (Å²) in [6.45, 7) is 12.6. The quantitative estimate of drug-likeness (QED) is 0.160. The number of hydrogen-bond acceptors (Lipinski definition) is 4. The molecule has 0 aromatic heterocycles. The Kier molecular flexibility index (Phi) is 13.9. The summed E-state index contributed by atoms with van der Waals surface area (Å²) in [5, 5.41) is 41.0. The average Bonchev–Trinajstić information content (AvgIpc) is 2.58. The zero-order valence-corrected chi connectivity index (χ0v) is 20.3. The van der Waals surface area contributed by atoms with Crippen LogP contribution in [0.15, 0.2) is 0 Å². The fourth-order valence-electron chi connectivity index (χ4n) is 4.28. The zero-order chi connectivity index (χ0) is 22.6. The molecule has 0 rings (SSSR count). The fraction of sp³-hybridized carbons (Fsp3) is 1.00. The molecule has 4 nitrogen and oxygen atoms in total. The Morgan fingerprint density at radius 1 is 0.517 bits per heavy atom. The van der Waals surface area contributed by atoms with Crippen LogP contribution in [0.3, 0.4) is 0 Å². The van der Waals surface area contributed by atoms with Crippen LogP contribution >= 0.6 is 0 Å². The van der Waals surface area contributed by atoms with Crippen LogP contribution in [0, 0.1) is 17.3 Å². The lowest BCUT2D eigenvalue weighted by atomic mass is 9.67. The number of rotatable bonds is 18. The summed E-state index contributed by atoms with van der Waals surface area (Å²) in [6, 6.07) is 0. The summed E-state index contributed by atoms with van der Waals surface area (Å²) in [5.74, 6) is -1.59. The van der Waals surface area contributed by atoms with Gasteiger partial charge in [0.15, 0.2) is 5.60 Å². The molecule has 0 spiro atoms. The molecule has 29 heavy (non-hydrogen) atoms. The van der Waals surface area contributed by atoms with Crippen molar-refractivity contribution in [2.24, 2.45) is 17.3 Å². The standard InChI is InChI=1S/C25H52O4/c1-21(2)17-13-9-7-11-15-19-23(5,6)24(26,25(27,28)29)20-16-12-8-10-14-18-22(3)4/h21-22,26-29H,7-20H2,1-6H3. The third kappa shape index (κ3) is 11.7. The fourth-order valence-corrected chi connectivity index (χ4v) is 4.28. The molecule has 0 aromatic carbocycles. The second kappa shape index (κ2) is 14.0. The zero-order valence-electron chi connectivity index (χ0n) is 20.3. The van der Waals surface area contributed by atoms with Gasteiger partial charge in [0.25, 0.3) is 0 Å². The van der Waals surface area contributed by atoms with Crippen molar-refractivity contribution in [1.82, 2.24) is 0 Å². The Morgan fingerprint density at radius 2 is 0.862 bits per heavy atom. The highest BCUT2D eigenvalue weighted by Gasteiger charge is 2.56. The molecule has 176 valence electrons. The normalized spacial score (nSPS) is 15.3. The Balaban J connectivity index is 4.41. The summed E-state index contributed by atoms with van der Waals surface area (Å²) >= 11 is 0. The van der Waals surface area contributed by atoms with E-state index in [2.05, 4.69) is 27.7 Å². The van der Waals surface area contributed by atoms with Crippen LogP contribution in [0.1, 0.15) is 131 Å². The molecule has 0 heterocycles. The molecule has 0 aliphatic carbocycles. The largest absolute Gasteiger partial charge is 0.381 e. The van der Waals surface area contributed by atoms with E-state index in [1.807, 2.05) is 13.8 Å². The van der Waals surface area contributed by atoms with Crippen molar-refractivity contribution in [1.29, 1.82) is 0 Å². The van der Waals surface area contributed by atoms with E-state index in [1.54, 1.807) is 0 Å². The molecule has 0 fully saturated rings. The molecule has 0 bridgehead atoms. The lowest BCUT2D eigenvalue weighted by Gasteiger charge is -2.47. The van der Waals surface area contributed by atoms with Crippen molar-refractivity contribution >= 4 is 0 Å². The van der Waals surface area contributed by atoms with E-state index >= 15 is 0 Å². The first-order chi connectivity index (χ1) is 13.3. The van der Waals surface area contributed by atoms with Crippen molar-refractivity contribution < 1.29 is 20.4 Å². The summed E-state index contributed by atoms with van der Waals surface area (Å²) < 4.78 is 0. The maximum absolute atomic E-state index is 11.1. The summed E-state index contributed by atoms with van der Waals surface area (Å²) in [7, 11) is 0. The third-order valence-corrected chi connectivity index (χ3v) is 6.58. The van der Waals surface area contributed by atoms with Gasteiger partial charge in [0, 0.05) is 5.41 Å². The minimum Gasteiger partial charge on any atom is -0.381 e. The molecule has 0 amide bonds. The van der Waals surface area contributed by atoms with Gasteiger partial charge in [0.2, 0.25) is 0 Å². The molecule has 0 saturated heterocycles. The second-order valence-electron chi connectivity index (χ2n) is 10.8. The molecule has 0 radical (unpaired) electrons. The van der Waals surface area contributed by atoms with Gasteiger partial charge in [-0.05, 0) is 24.7 Å². The minimum absolute atomic E-state index is 0.196. The van der Waals surface area contributed by atoms with Crippen molar-refractivity contribution in [2.75, 3.05) is 0 Å². The van der Waals surface area contributed by atoms with E-state index in [0.29, 0.717) is 12.8 Å². The van der Waals surface area contributed by atoms with Gasteiger partial charge >= 0.3 is 5.97 Å². The number of aliphatic hydroxyl groups is 4. The van der Waals surface area contributed by atoms with Crippen molar-refractivity contribution in [3.05, 3.63) is 0 Å². The molecule has 1 unspecified atom stereocenters. The summed E-state index contributed by atoms with van der Waals surface area (Å²) in [5.41, 5.74) is -2.70. The first kappa shape index (κ1) is 28.8. The van der Waals surface area contributed by atoms with Gasteiger partial charge in [0.1, 0.15) is 0 Å². The molecule has 1 atom stereocenters. The maximum atomic E-state index is 11.1. The van der Waals surface area contributed by atoms with Crippen molar-refractivity contribution in [3.8, 4) is 0 Å². The molecule has 0 saturated carbocycles. The summed E-state index contributed by atoms with van der Waals surface area (Å²) in [6.07, 6.45) is 14.1. The molecule has 0 aromatic rings. The van der Waals surface area contributed by atoms with Crippen LogP contribution in [-0.2, 0) is 0 Å². The topological polar surface area (TPSA) is 80.9 Å². The van der Waals surface area contributed by atoms with Crippen LogP contribution in [0.5, 0.6) is 0 Å². The van der Waals surface area contributed by atoms with E-state index in [4.69, 9.17) is 0 Å². The van der Waals surface area contributed by atoms with Crippen LogP contribution in [0.4, 0.5) is 0 Å². The van der Waals surface area contributed by atoms with Crippen LogP contribution in [-0.4, -0.2) is 32.0 Å². The number of hydrogen-bond donors (Lipinski definition) is 4. The SMILES string of the molecule is CC(C)CCCCCCCC(C)(C)C(O)(CCCCCCCC(C)C)C(O)(O)O. The van der Waals surface area contributed by atoms with Gasteiger partial charge in [-0.25, -0.2) is 0 Å². The Bertz CT molecular complexity index is 398. The monoisotopic (exact) mass is 416 g/mol. The van der Waals surface area contributed by atoms with Gasteiger partial charge in [-0.3, -0.25) is 0 Å². The molecule has 4 N–H and O–H groups in total. The number of unbranched alkanes of at least 4 members (excludes halogenated alkanes) is 8. The van der Waals surface area contributed by atoms with Crippen LogP contribution in [0.2, 0.25) is 0 Å². The predicted molar refractivity (Wildman–Crippen MR) is 122 cm³/mol. The van der Waals surface area contributed by atoms with Crippen LogP contribution in [0.25, 0.3) is 0 Å². The Hall–Kier alpha value is -0.160. The Labute approximate surface area is 181 Å². The summed E-state index contributed by atoms with van der Waals surface area (Å²) in [4.78, 5) is 0. The van der Waals surface area contributed by atoms with Gasteiger partial charge in [0.05, 0.1) is 0 Å². The molecule has 0 aliphatic rings. The smallest absolute Gasteiger partial charge is 0.306 e. The lowest BCUT2D eigenvalue weighted by molar-refractivity contribution is -0.414. The highest BCUT2D eigenvalue weighted by molar-refractivity contribution is 4.98. The molecule has 0 aliphatic heterocycles. The van der Waals surface area contributed by atoms with E-state index in [0.717, 1.165) is 37.5 Å². The molecule has 4 heteroatoms. The van der Waals surface area contributed by atoms with Crippen molar-refractivity contribution in [3.63, 3.8) is 0 Å². The lowest BCUT2D eigenvalue weighted by Crippen LogP contribution is -2.62. The minimum atomic E-state index is -3.08. The molecular weight excluding hydrogens is 364 g/mol. The van der Waals surface area contributed by atoms with E-state index in [1.165, 1.54) is 44.9 Å². The van der Waals surface area contributed by atoms with E-state index in [-0.39, 0.29) is 6.42 Å². The highest BCUT2D eigenvalue weighted by atomic mass is 16.7. The first-order valence-corrected chi connectivity index (χ1v) is 12.2. The van der Waals surface area contributed by atoms with Gasteiger partial charge in [-0.1, -0.05) is 119 Å². The maximum Gasteiger partial charge on any atom is 0.306 e. The van der Waals surface area contributed by atoms with Gasteiger partial charge in [-0.15, -0.1) is 0 Å². The molecular formula is C25H52O4. The predicted octanol–water partition coefficient (Wildman–Crippen LogP) is 6.15. The first-order valence-electron chi connectivity index (χ1n) is 12.2. The van der Waals surface area contributed by atoms with Crippen LogP contribution < -0.4 is 0 Å². The second-order valence-corrected chi connectivity index (χ2v) is 10.8. The van der Waals surface area contributed by atoms with E-state index in [9.17, 15) is 20.4 Å². The van der Waals surface area contributed by atoms with Crippen molar-refractivity contribution in [2.45, 2.75) is 143 Å². The highest BCUT2D eigenvalue weighted by Crippen LogP contribution is 2.44. The Morgan fingerprint density at radius 3 is 1.24 bits per heavy atom. The average molecular weight is 417 g/mol. The van der Waals surface area contributed by atoms with Gasteiger partial charge in [-0.2, -0.15) is 0 Å².